The molecule has 1 saturated heterocycles. The Morgan fingerprint density at radius 3 is 3.17 bits per heavy atom. The minimum atomic E-state index is 0.690. The monoisotopic (exact) mass is 241 g/mol. The number of hydrogen-bond donors (Lipinski definition) is 1. The van der Waals surface area contributed by atoms with Crippen LogP contribution in [0.25, 0.3) is 11.0 Å². The summed E-state index contributed by atoms with van der Waals surface area (Å²) in [7, 11) is 0. The minimum absolute atomic E-state index is 0.690. The first-order valence-corrected chi connectivity index (χ1v) is 7.11. The lowest BCUT2D eigenvalue weighted by Crippen LogP contribution is -2.28. The first kappa shape index (κ1) is 10.6. The second-order valence-electron chi connectivity index (χ2n) is 5.57. The Kier molecular flexibility index (Phi) is 2.40. The average molecular weight is 241 g/mol. The number of aromatic nitrogens is 2. The summed E-state index contributed by atoms with van der Waals surface area (Å²) in [6, 6.07) is 6.88. The zero-order chi connectivity index (χ0) is 11.9. The standard InChI is InChI=1S/C15H19N3/c1-3-12(10-16-7-1)11-5-6-13-14(9-11)18-8-2-4-15(18)17-13/h5-6,9,12,16H,1-4,7-8,10H2. The van der Waals surface area contributed by atoms with E-state index in [0.717, 1.165) is 19.5 Å². The molecular formula is C15H19N3. The maximum Gasteiger partial charge on any atom is 0.109 e. The van der Waals surface area contributed by atoms with Crippen LogP contribution < -0.4 is 5.32 Å². The first-order chi connectivity index (χ1) is 8.92. The number of nitrogens with zero attached hydrogens (tertiary/aromatic N) is 2. The van der Waals surface area contributed by atoms with Gasteiger partial charge in [0.1, 0.15) is 5.82 Å². The summed E-state index contributed by atoms with van der Waals surface area (Å²) in [6.07, 6.45) is 5.02. The van der Waals surface area contributed by atoms with Gasteiger partial charge in [0.15, 0.2) is 0 Å². The van der Waals surface area contributed by atoms with E-state index in [0.29, 0.717) is 5.92 Å². The van der Waals surface area contributed by atoms with Crippen LogP contribution in [0.15, 0.2) is 18.2 Å². The van der Waals surface area contributed by atoms with Gasteiger partial charge in [-0.1, -0.05) is 6.07 Å². The summed E-state index contributed by atoms with van der Waals surface area (Å²) < 4.78 is 2.41. The fourth-order valence-corrected chi connectivity index (χ4v) is 3.42. The molecule has 4 rings (SSSR count). The van der Waals surface area contributed by atoms with Crippen molar-refractivity contribution in [2.24, 2.45) is 0 Å². The first-order valence-electron chi connectivity index (χ1n) is 7.11. The van der Waals surface area contributed by atoms with Crippen molar-refractivity contribution >= 4 is 11.0 Å². The molecule has 1 fully saturated rings. The highest BCUT2D eigenvalue weighted by Gasteiger charge is 2.19. The summed E-state index contributed by atoms with van der Waals surface area (Å²) in [5, 5.41) is 3.51. The van der Waals surface area contributed by atoms with Gasteiger partial charge in [-0.05, 0) is 49.4 Å². The van der Waals surface area contributed by atoms with Crippen molar-refractivity contribution in [3.05, 3.63) is 29.6 Å². The maximum atomic E-state index is 4.73. The second kappa shape index (κ2) is 4.09. The lowest BCUT2D eigenvalue weighted by atomic mass is 9.91. The molecule has 18 heavy (non-hydrogen) atoms. The van der Waals surface area contributed by atoms with Gasteiger partial charge in [-0.2, -0.15) is 0 Å². The topological polar surface area (TPSA) is 29.9 Å². The number of piperidine rings is 1. The molecule has 0 bridgehead atoms. The van der Waals surface area contributed by atoms with Gasteiger partial charge < -0.3 is 9.88 Å². The molecule has 3 heterocycles. The number of rotatable bonds is 1. The van der Waals surface area contributed by atoms with Crippen LogP contribution in [0.4, 0.5) is 0 Å². The highest BCUT2D eigenvalue weighted by molar-refractivity contribution is 5.77. The van der Waals surface area contributed by atoms with E-state index in [1.54, 1.807) is 0 Å². The van der Waals surface area contributed by atoms with Crippen molar-refractivity contribution in [3.63, 3.8) is 0 Å². The van der Waals surface area contributed by atoms with Crippen molar-refractivity contribution in [3.8, 4) is 0 Å². The number of nitrogens with one attached hydrogen (secondary N) is 1. The summed E-state index contributed by atoms with van der Waals surface area (Å²) >= 11 is 0. The fourth-order valence-electron chi connectivity index (χ4n) is 3.42. The lowest BCUT2D eigenvalue weighted by molar-refractivity contribution is 0.462. The number of aryl methyl sites for hydroxylation is 2. The molecule has 1 aromatic heterocycles. The Balaban J connectivity index is 1.78. The molecule has 0 spiro atoms. The lowest BCUT2D eigenvalue weighted by Gasteiger charge is -2.23. The summed E-state index contributed by atoms with van der Waals surface area (Å²) in [5.41, 5.74) is 4.02. The van der Waals surface area contributed by atoms with Gasteiger partial charge in [0.05, 0.1) is 11.0 Å². The van der Waals surface area contributed by atoms with Crippen LogP contribution in [0.3, 0.4) is 0 Å². The molecule has 1 aromatic carbocycles. The zero-order valence-electron chi connectivity index (χ0n) is 10.7. The molecule has 2 aromatic rings. The summed E-state index contributed by atoms with van der Waals surface area (Å²) in [4.78, 5) is 4.73. The van der Waals surface area contributed by atoms with Gasteiger partial charge in [-0.25, -0.2) is 4.98 Å². The van der Waals surface area contributed by atoms with E-state index >= 15 is 0 Å². The van der Waals surface area contributed by atoms with Gasteiger partial charge in [-0.15, -0.1) is 0 Å². The predicted octanol–water partition coefficient (Wildman–Crippen LogP) is 2.45. The van der Waals surface area contributed by atoms with Crippen molar-refractivity contribution in [1.82, 2.24) is 14.9 Å². The van der Waals surface area contributed by atoms with Gasteiger partial charge in [0, 0.05) is 19.5 Å². The molecule has 0 saturated carbocycles. The number of imidazole rings is 1. The van der Waals surface area contributed by atoms with Crippen LogP contribution in [-0.4, -0.2) is 22.6 Å². The minimum Gasteiger partial charge on any atom is -0.328 e. The molecular weight excluding hydrogens is 222 g/mol. The Morgan fingerprint density at radius 1 is 1.28 bits per heavy atom. The van der Waals surface area contributed by atoms with Gasteiger partial charge in [0.2, 0.25) is 0 Å². The zero-order valence-corrected chi connectivity index (χ0v) is 10.7. The van der Waals surface area contributed by atoms with Crippen LogP contribution in [0, 0.1) is 0 Å². The molecule has 2 aliphatic heterocycles. The Labute approximate surface area is 107 Å². The van der Waals surface area contributed by atoms with Gasteiger partial charge in [-0.3, -0.25) is 0 Å². The van der Waals surface area contributed by atoms with Gasteiger partial charge in [0.25, 0.3) is 0 Å². The third-order valence-corrected chi connectivity index (χ3v) is 4.40. The normalized spacial score (nSPS) is 23.4. The molecule has 1 N–H and O–H groups in total. The SMILES string of the molecule is c1cc2nc3n(c2cc1C1CCCNC1)CCC3. The summed E-state index contributed by atoms with van der Waals surface area (Å²) in [6.45, 7) is 3.46. The fraction of sp³-hybridized carbons (Fsp3) is 0.533. The van der Waals surface area contributed by atoms with E-state index in [1.165, 1.54) is 48.2 Å². The Morgan fingerprint density at radius 2 is 2.28 bits per heavy atom. The average Bonchev–Trinajstić information content (AvgIpc) is 2.99. The van der Waals surface area contributed by atoms with Crippen LogP contribution in [0.2, 0.25) is 0 Å². The van der Waals surface area contributed by atoms with Crippen molar-refractivity contribution < 1.29 is 0 Å². The molecule has 1 unspecified atom stereocenters. The third-order valence-electron chi connectivity index (χ3n) is 4.40. The van der Waals surface area contributed by atoms with E-state index in [1.807, 2.05) is 0 Å². The van der Waals surface area contributed by atoms with Crippen molar-refractivity contribution in [2.75, 3.05) is 13.1 Å². The maximum absolute atomic E-state index is 4.73. The smallest absolute Gasteiger partial charge is 0.109 e. The molecule has 0 radical (unpaired) electrons. The molecule has 0 amide bonds. The number of hydrogen-bond acceptors (Lipinski definition) is 2. The van der Waals surface area contributed by atoms with Crippen LogP contribution in [0.5, 0.6) is 0 Å². The van der Waals surface area contributed by atoms with E-state index in [-0.39, 0.29) is 0 Å². The molecule has 94 valence electrons. The number of fused-ring (bicyclic) bond motifs is 3. The highest BCUT2D eigenvalue weighted by atomic mass is 15.1. The van der Waals surface area contributed by atoms with E-state index < -0.39 is 0 Å². The highest BCUT2D eigenvalue weighted by Crippen LogP contribution is 2.28. The van der Waals surface area contributed by atoms with Crippen LogP contribution >= 0.6 is 0 Å². The Bertz CT molecular complexity index is 579. The number of benzene rings is 1. The van der Waals surface area contributed by atoms with Crippen LogP contribution in [-0.2, 0) is 13.0 Å². The second-order valence-corrected chi connectivity index (χ2v) is 5.57. The van der Waals surface area contributed by atoms with Gasteiger partial charge >= 0.3 is 0 Å². The largest absolute Gasteiger partial charge is 0.328 e. The van der Waals surface area contributed by atoms with Crippen molar-refractivity contribution in [2.45, 2.75) is 38.1 Å². The molecule has 3 nitrogen and oxygen atoms in total. The molecule has 0 aliphatic carbocycles. The van der Waals surface area contributed by atoms with Crippen molar-refractivity contribution in [1.29, 1.82) is 0 Å². The molecule has 2 aliphatic rings. The quantitative estimate of drug-likeness (QED) is 0.831. The third kappa shape index (κ3) is 1.57. The Hall–Kier alpha value is -1.35. The van der Waals surface area contributed by atoms with E-state index in [9.17, 15) is 0 Å². The molecule has 3 heteroatoms. The van der Waals surface area contributed by atoms with Crippen LogP contribution in [0.1, 0.15) is 36.6 Å². The molecule has 1 atom stereocenters. The van der Waals surface area contributed by atoms with E-state index in [4.69, 9.17) is 4.98 Å². The van der Waals surface area contributed by atoms with E-state index in [2.05, 4.69) is 28.1 Å². The summed E-state index contributed by atoms with van der Waals surface area (Å²) in [5.74, 6) is 1.97. The predicted molar refractivity (Wildman–Crippen MR) is 72.9 cm³/mol.